The molecule has 0 aromatic carbocycles. The lowest BCUT2D eigenvalue weighted by molar-refractivity contribution is 0.0738. The first kappa shape index (κ1) is 11.8. The summed E-state index contributed by atoms with van der Waals surface area (Å²) in [6.45, 7) is 2.09. The molecule has 0 N–H and O–H groups in total. The maximum Gasteiger partial charge on any atom is 0.187 e. The molecule has 1 heterocycles. The Labute approximate surface area is 104 Å². The van der Waals surface area contributed by atoms with Crippen molar-refractivity contribution < 1.29 is 4.79 Å². The van der Waals surface area contributed by atoms with Crippen molar-refractivity contribution in [2.45, 2.75) is 39.0 Å². The van der Waals surface area contributed by atoms with E-state index in [2.05, 4.69) is 28.0 Å². The maximum absolute atomic E-state index is 12.5. The minimum absolute atomic E-state index is 0.186. The van der Waals surface area contributed by atoms with Gasteiger partial charge in [0.2, 0.25) is 0 Å². The van der Waals surface area contributed by atoms with Crippen LogP contribution in [0, 0.1) is 5.41 Å². The van der Waals surface area contributed by atoms with Gasteiger partial charge in [-0.25, -0.2) is 0 Å². The highest BCUT2D eigenvalue weighted by molar-refractivity contribution is 9.10. The van der Waals surface area contributed by atoms with E-state index < -0.39 is 0 Å². The number of halogens is 1. The van der Waals surface area contributed by atoms with Crippen LogP contribution in [0.2, 0.25) is 0 Å². The Bertz CT molecular complexity index is 386. The van der Waals surface area contributed by atoms with Crippen LogP contribution in [0.5, 0.6) is 0 Å². The molecular formula is C12H17BrN2O. The molecule has 0 aliphatic heterocycles. The van der Waals surface area contributed by atoms with Crippen LogP contribution in [0.4, 0.5) is 0 Å². The Hall–Kier alpha value is -0.640. The van der Waals surface area contributed by atoms with Crippen molar-refractivity contribution in [1.29, 1.82) is 0 Å². The lowest BCUT2D eigenvalue weighted by atomic mass is 9.72. The Morgan fingerprint density at radius 2 is 2.06 bits per heavy atom. The van der Waals surface area contributed by atoms with Gasteiger partial charge in [0.05, 0.1) is 10.7 Å². The first-order valence-corrected chi connectivity index (χ1v) is 6.56. The van der Waals surface area contributed by atoms with Gasteiger partial charge in [0.15, 0.2) is 5.78 Å². The topological polar surface area (TPSA) is 34.9 Å². The third-order valence-electron chi connectivity index (χ3n) is 3.61. The molecule has 3 nitrogen and oxygen atoms in total. The largest absolute Gasteiger partial charge is 0.292 e. The number of nitrogens with zero attached hydrogens (tertiary/aromatic N) is 2. The van der Waals surface area contributed by atoms with Crippen LogP contribution in [-0.4, -0.2) is 15.6 Å². The van der Waals surface area contributed by atoms with Crippen molar-refractivity contribution in [3.63, 3.8) is 0 Å². The number of hydrogen-bond donors (Lipinski definition) is 0. The molecule has 0 amide bonds. The van der Waals surface area contributed by atoms with Crippen LogP contribution in [0.1, 0.15) is 49.5 Å². The Balaban J connectivity index is 2.31. The Morgan fingerprint density at radius 1 is 1.44 bits per heavy atom. The van der Waals surface area contributed by atoms with E-state index in [4.69, 9.17) is 0 Å². The van der Waals surface area contributed by atoms with Gasteiger partial charge in [-0.3, -0.25) is 9.48 Å². The lowest BCUT2D eigenvalue weighted by Gasteiger charge is -2.31. The molecule has 1 aliphatic rings. The summed E-state index contributed by atoms with van der Waals surface area (Å²) >= 11 is 3.40. The maximum atomic E-state index is 12.5. The minimum Gasteiger partial charge on any atom is -0.292 e. The molecule has 16 heavy (non-hydrogen) atoms. The van der Waals surface area contributed by atoms with E-state index >= 15 is 0 Å². The van der Waals surface area contributed by atoms with Crippen LogP contribution in [0.3, 0.4) is 0 Å². The van der Waals surface area contributed by atoms with E-state index in [0.717, 1.165) is 30.2 Å². The summed E-state index contributed by atoms with van der Waals surface area (Å²) in [5.41, 5.74) is 0.526. The van der Waals surface area contributed by atoms with E-state index in [1.54, 1.807) is 10.9 Å². The number of carbonyl (C=O) groups is 1. The molecule has 0 bridgehead atoms. The normalized spacial score (nSPS) is 19.7. The predicted octanol–water partition coefficient (Wildman–Crippen LogP) is 3.34. The number of ketones is 1. The molecule has 2 rings (SSSR count). The molecule has 88 valence electrons. The molecule has 1 fully saturated rings. The number of Topliss-reactive ketones (excluding diaryl/α,β-unsaturated/α-hetero) is 1. The second-order valence-corrected chi connectivity index (χ2v) is 5.77. The van der Waals surface area contributed by atoms with Gasteiger partial charge in [0, 0.05) is 12.5 Å². The van der Waals surface area contributed by atoms with Crippen LogP contribution in [0.25, 0.3) is 0 Å². The van der Waals surface area contributed by atoms with Gasteiger partial charge in [-0.15, -0.1) is 0 Å². The zero-order valence-electron chi connectivity index (χ0n) is 9.79. The van der Waals surface area contributed by atoms with Crippen LogP contribution < -0.4 is 0 Å². The standard InChI is InChI=1S/C12H17BrN2O/c1-12(6-4-3-5-7-12)11(16)10-9(13)8-14-15(10)2/h8H,3-7H2,1-2H3. The predicted molar refractivity (Wildman–Crippen MR) is 66.4 cm³/mol. The summed E-state index contributed by atoms with van der Waals surface area (Å²) < 4.78 is 2.48. The third kappa shape index (κ3) is 1.95. The zero-order valence-corrected chi connectivity index (χ0v) is 11.4. The van der Waals surface area contributed by atoms with Gasteiger partial charge in [0.25, 0.3) is 0 Å². The van der Waals surface area contributed by atoms with E-state index in [1.165, 1.54) is 6.42 Å². The highest BCUT2D eigenvalue weighted by Crippen LogP contribution is 2.39. The van der Waals surface area contributed by atoms with Crippen molar-refractivity contribution in [2.75, 3.05) is 0 Å². The smallest absolute Gasteiger partial charge is 0.187 e. The average molecular weight is 285 g/mol. The fourth-order valence-corrected chi connectivity index (χ4v) is 3.04. The fourth-order valence-electron chi connectivity index (χ4n) is 2.51. The number of aromatic nitrogens is 2. The van der Waals surface area contributed by atoms with Gasteiger partial charge < -0.3 is 0 Å². The second-order valence-electron chi connectivity index (χ2n) is 4.92. The summed E-state index contributed by atoms with van der Waals surface area (Å²) in [5, 5.41) is 4.11. The highest BCUT2D eigenvalue weighted by Gasteiger charge is 2.37. The van der Waals surface area contributed by atoms with Gasteiger partial charge in [-0.2, -0.15) is 5.10 Å². The molecule has 1 aliphatic carbocycles. The molecule has 1 aromatic heterocycles. The van der Waals surface area contributed by atoms with Crippen LogP contribution in [-0.2, 0) is 7.05 Å². The van der Waals surface area contributed by atoms with Crippen LogP contribution in [0.15, 0.2) is 10.7 Å². The van der Waals surface area contributed by atoms with E-state index in [0.29, 0.717) is 5.69 Å². The SMILES string of the molecule is Cn1ncc(Br)c1C(=O)C1(C)CCCCC1. The van der Waals surface area contributed by atoms with Crippen molar-refractivity contribution >= 4 is 21.7 Å². The molecular weight excluding hydrogens is 268 g/mol. The van der Waals surface area contributed by atoms with Crippen molar-refractivity contribution in [3.8, 4) is 0 Å². The summed E-state index contributed by atoms with van der Waals surface area (Å²) in [5.74, 6) is 0.235. The number of rotatable bonds is 2. The highest BCUT2D eigenvalue weighted by atomic mass is 79.9. The van der Waals surface area contributed by atoms with Gasteiger partial charge in [-0.1, -0.05) is 26.2 Å². The lowest BCUT2D eigenvalue weighted by Crippen LogP contribution is -2.32. The Morgan fingerprint density at radius 3 is 2.56 bits per heavy atom. The van der Waals surface area contributed by atoms with Crippen molar-refractivity contribution in [3.05, 3.63) is 16.4 Å². The Kier molecular flexibility index (Phi) is 3.19. The second kappa shape index (κ2) is 4.32. The van der Waals surface area contributed by atoms with Gasteiger partial charge in [-0.05, 0) is 28.8 Å². The first-order valence-electron chi connectivity index (χ1n) is 5.77. The monoisotopic (exact) mass is 284 g/mol. The molecule has 0 saturated heterocycles. The number of hydrogen-bond acceptors (Lipinski definition) is 2. The molecule has 0 atom stereocenters. The number of carbonyl (C=O) groups excluding carboxylic acids is 1. The third-order valence-corrected chi connectivity index (χ3v) is 4.19. The summed E-state index contributed by atoms with van der Waals surface area (Å²) in [7, 11) is 1.82. The number of aryl methyl sites for hydroxylation is 1. The zero-order chi connectivity index (χ0) is 11.8. The van der Waals surface area contributed by atoms with Crippen molar-refractivity contribution in [1.82, 2.24) is 9.78 Å². The molecule has 1 aromatic rings. The van der Waals surface area contributed by atoms with E-state index in [-0.39, 0.29) is 11.2 Å². The van der Waals surface area contributed by atoms with Gasteiger partial charge in [0.1, 0.15) is 5.69 Å². The summed E-state index contributed by atoms with van der Waals surface area (Å²) in [6, 6.07) is 0. The minimum atomic E-state index is -0.186. The molecule has 1 saturated carbocycles. The summed E-state index contributed by atoms with van der Waals surface area (Å²) in [6.07, 6.45) is 7.29. The quantitative estimate of drug-likeness (QED) is 0.781. The van der Waals surface area contributed by atoms with E-state index in [9.17, 15) is 4.79 Å². The summed E-state index contributed by atoms with van der Waals surface area (Å²) in [4.78, 5) is 12.5. The molecule has 0 spiro atoms. The van der Waals surface area contributed by atoms with Gasteiger partial charge >= 0.3 is 0 Å². The fraction of sp³-hybridized carbons (Fsp3) is 0.667. The first-order chi connectivity index (χ1) is 7.54. The molecule has 4 heteroatoms. The van der Waals surface area contributed by atoms with Crippen LogP contribution >= 0.6 is 15.9 Å². The molecule has 0 radical (unpaired) electrons. The van der Waals surface area contributed by atoms with E-state index in [1.807, 2.05) is 7.05 Å². The van der Waals surface area contributed by atoms with Crippen molar-refractivity contribution in [2.24, 2.45) is 12.5 Å². The average Bonchev–Trinajstić information content (AvgIpc) is 2.59. The molecule has 0 unspecified atom stereocenters.